The van der Waals surface area contributed by atoms with Crippen LogP contribution in [0.4, 0.5) is 0 Å². The van der Waals surface area contributed by atoms with Crippen molar-refractivity contribution in [2.45, 2.75) is 20.4 Å². The van der Waals surface area contributed by atoms with E-state index in [2.05, 4.69) is 52.1 Å². The molecule has 1 aliphatic rings. The van der Waals surface area contributed by atoms with Gasteiger partial charge in [0.15, 0.2) is 0 Å². The average molecular weight is 315 g/mol. The Bertz CT molecular complexity index is 944. The van der Waals surface area contributed by atoms with Crippen molar-refractivity contribution in [1.29, 1.82) is 0 Å². The molecular formula is C21H19N2O+. The fourth-order valence-electron chi connectivity index (χ4n) is 3.18. The minimum Gasteiger partial charge on any atom is -0.461 e. The fraction of sp³-hybridized carbons (Fsp3) is 0.143. The van der Waals surface area contributed by atoms with Gasteiger partial charge in [0, 0.05) is 24.1 Å². The molecule has 2 aromatic carbocycles. The SMILES string of the molecule is CC1=C(C[n+]2cccnc2C)c2ccccc2-c2ccccc2O1. The normalized spacial score (nSPS) is 12.9. The molecular weight excluding hydrogens is 296 g/mol. The lowest BCUT2D eigenvalue weighted by molar-refractivity contribution is -0.693. The Balaban J connectivity index is 1.90. The van der Waals surface area contributed by atoms with Crippen LogP contribution in [0.15, 0.2) is 72.8 Å². The lowest BCUT2D eigenvalue weighted by Crippen LogP contribution is -2.38. The summed E-state index contributed by atoms with van der Waals surface area (Å²) in [6, 6.07) is 18.7. The molecule has 0 radical (unpaired) electrons. The summed E-state index contributed by atoms with van der Waals surface area (Å²) in [6.07, 6.45) is 3.88. The van der Waals surface area contributed by atoms with Gasteiger partial charge in [0.25, 0.3) is 5.82 Å². The number of nitrogens with zero attached hydrogens (tertiary/aromatic N) is 2. The highest BCUT2D eigenvalue weighted by Gasteiger charge is 2.22. The third kappa shape index (κ3) is 2.48. The van der Waals surface area contributed by atoms with E-state index in [4.69, 9.17) is 4.74 Å². The Morgan fingerprint density at radius 1 is 0.875 bits per heavy atom. The summed E-state index contributed by atoms with van der Waals surface area (Å²) in [4.78, 5) is 4.39. The van der Waals surface area contributed by atoms with Gasteiger partial charge >= 0.3 is 0 Å². The molecule has 0 spiro atoms. The Morgan fingerprint density at radius 2 is 1.58 bits per heavy atom. The molecule has 24 heavy (non-hydrogen) atoms. The van der Waals surface area contributed by atoms with Gasteiger partial charge in [-0.25, -0.2) is 4.57 Å². The molecule has 1 aliphatic heterocycles. The van der Waals surface area contributed by atoms with E-state index in [1.165, 1.54) is 16.7 Å². The molecule has 0 amide bonds. The van der Waals surface area contributed by atoms with E-state index in [1.54, 1.807) is 0 Å². The second kappa shape index (κ2) is 5.93. The van der Waals surface area contributed by atoms with E-state index in [0.717, 1.165) is 29.4 Å². The van der Waals surface area contributed by atoms with Gasteiger partial charge in [-0.2, -0.15) is 0 Å². The molecule has 3 nitrogen and oxygen atoms in total. The second-order valence-corrected chi connectivity index (χ2v) is 5.97. The van der Waals surface area contributed by atoms with Crippen LogP contribution < -0.4 is 9.30 Å². The van der Waals surface area contributed by atoms with Crippen molar-refractivity contribution in [3.05, 3.63) is 84.1 Å². The first kappa shape index (κ1) is 14.6. The van der Waals surface area contributed by atoms with Crippen LogP contribution in [0, 0.1) is 6.92 Å². The van der Waals surface area contributed by atoms with Crippen LogP contribution in [-0.4, -0.2) is 4.98 Å². The monoisotopic (exact) mass is 315 g/mol. The summed E-state index contributed by atoms with van der Waals surface area (Å²) < 4.78 is 8.36. The molecule has 0 N–H and O–H groups in total. The van der Waals surface area contributed by atoms with Crippen molar-refractivity contribution < 1.29 is 9.30 Å². The van der Waals surface area contributed by atoms with E-state index in [9.17, 15) is 0 Å². The van der Waals surface area contributed by atoms with E-state index < -0.39 is 0 Å². The number of ether oxygens (including phenoxy) is 1. The predicted octanol–water partition coefficient (Wildman–Crippen LogP) is 4.17. The summed E-state index contributed by atoms with van der Waals surface area (Å²) in [5.74, 6) is 2.82. The number of aromatic nitrogens is 2. The van der Waals surface area contributed by atoms with Gasteiger partial charge < -0.3 is 4.74 Å². The van der Waals surface area contributed by atoms with Crippen molar-refractivity contribution in [1.82, 2.24) is 4.98 Å². The van der Waals surface area contributed by atoms with Crippen molar-refractivity contribution in [2.24, 2.45) is 0 Å². The Labute approximate surface area is 141 Å². The molecule has 0 saturated heterocycles. The maximum Gasteiger partial charge on any atom is 0.295 e. The molecule has 118 valence electrons. The zero-order valence-electron chi connectivity index (χ0n) is 13.9. The zero-order chi connectivity index (χ0) is 16.5. The quantitative estimate of drug-likeness (QED) is 0.663. The molecule has 1 aromatic heterocycles. The van der Waals surface area contributed by atoms with E-state index in [1.807, 2.05) is 38.2 Å². The topological polar surface area (TPSA) is 26.0 Å². The van der Waals surface area contributed by atoms with Crippen molar-refractivity contribution in [2.75, 3.05) is 0 Å². The number of allylic oxidation sites excluding steroid dienone is 2. The number of para-hydroxylation sites is 1. The van der Waals surface area contributed by atoms with Gasteiger partial charge in [-0.15, -0.1) is 0 Å². The minimum absolute atomic E-state index is 0.733. The Morgan fingerprint density at radius 3 is 2.38 bits per heavy atom. The highest BCUT2D eigenvalue weighted by Crippen LogP contribution is 2.40. The summed E-state index contributed by atoms with van der Waals surface area (Å²) in [6.45, 7) is 4.80. The maximum absolute atomic E-state index is 6.21. The first-order chi connectivity index (χ1) is 11.7. The third-order valence-electron chi connectivity index (χ3n) is 4.48. The molecule has 2 heterocycles. The summed E-state index contributed by atoms with van der Waals surface area (Å²) in [7, 11) is 0. The van der Waals surface area contributed by atoms with Gasteiger partial charge in [-0.1, -0.05) is 47.4 Å². The number of aryl methyl sites for hydroxylation is 1. The Hall–Kier alpha value is -2.94. The number of benzene rings is 2. The first-order valence-corrected chi connectivity index (χ1v) is 8.11. The molecule has 0 saturated carbocycles. The van der Waals surface area contributed by atoms with Crippen LogP contribution in [0.5, 0.6) is 5.75 Å². The summed E-state index contributed by atoms with van der Waals surface area (Å²) in [5, 5.41) is 0. The van der Waals surface area contributed by atoms with Crippen LogP contribution in [0.2, 0.25) is 0 Å². The van der Waals surface area contributed by atoms with Crippen molar-refractivity contribution >= 4 is 5.57 Å². The smallest absolute Gasteiger partial charge is 0.295 e. The van der Waals surface area contributed by atoms with Crippen LogP contribution in [0.1, 0.15) is 18.3 Å². The molecule has 0 fully saturated rings. The Kier molecular flexibility index (Phi) is 3.62. The van der Waals surface area contributed by atoms with E-state index in [-0.39, 0.29) is 0 Å². The molecule has 3 aromatic rings. The standard InChI is InChI=1S/C21H19N2O/c1-15-20(14-23-13-7-12-22-16(23)2)18-9-4-3-8-17(18)19-10-5-6-11-21(19)24-15/h3-13H,14H2,1-2H3/q+1. The number of hydrogen-bond donors (Lipinski definition) is 0. The van der Waals surface area contributed by atoms with Crippen molar-refractivity contribution in [3.63, 3.8) is 0 Å². The fourth-order valence-corrected chi connectivity index (χ4v) is 3.18. The van der Waals surface area contributed by atoms with Gasteiger partial charge in [0.2, 0.25) is 0 Å². The highest BCUT2D eigenvalue weighted by molar-refractivity contribution is 5.86. The molecule has 0 bridgehead atoms. The highest BCUT2D eigenvalue weighted by atomic mass is 16.5. The number of rotatable bonds is 2. The largest absolute Gasteiger partial charge is 0.461 e. The third-order valence-corrected chi connectivity index (χ3v) is 4.48. The van der Waals surface area contributed by atoms with Crippen LogP contribution in [0.25, 0.3) is 16.7 Å². The lowest BCUT2D eigenvalue weighted by atomic mass is 9.94. The van der Waals surface area contributed by atoms with Crippen molar-refractivity contribution in [3.8, 4) is 16.9 Å². The molecule has 0 atom stereocenters. The van der Waals surface area contributed by atoms with Gasteiger partial charge in [-0.3, -0.25) is 0 Å². The number of fused-ring (bicyclic) bond motifs is 3. The summed E-state index contributed by atoms with van der Waals surface area (Å²) in [5.41, 5.74) is 4.75. The molecule has 3 heteroatoms. The number of hydrogen-bond acceptors (Lipinski definition) is 2. The predicted molar refractivity (Wildman–Crippen MR) is 94.3 cm³/mol. The van der Waals surface area contributed by atoms with Crippen LogP contribution in [-0.2, 0) is 6.54 Å². The van der Waals surface area contributed by atoms with Crippen LogP contribution >= 0.6 is 0 Å². The van der Waals surface area contributed by atoms with Gasteiger partial charge in [-0.05, 0) is 24.1 Å². The van der Waals surface area contributed by atoms with Crippen LogP contribution in [0.3, 0.4) is 0 Å². The first-order valence-electron chi connectivity index (χ1n) is 8.11. The second-order valence-electron chi connectivity index (χ2n) is 5.97. The zero-order valence-corrected chi connectivity index (χ0v) is 13.9. The summed E-state index contributed by atoms with van der Waals surface area (Å²) >= 11 is 0. The molecule has 4 rings (SSSR count). The van der Waals surface area contributed by atoms with E-state index >= 15 is 0 Å². The lowest BCUT2D eigenvalue weighted by Gasteiger charge is -2.11. The van der Waals surface area contributed by atoms with Gasteiger partial charge in [0.1, 0.15) is 24.3 Å². The minimum atomic E-state index is 0.733. The average Bonchev–Trinajstić information content (AvgIpc) is 2.72. The molecule has 0 unspecified atom stereocenters. The maximum atomic E-state index is 6.21. The molecule has 0 aliphatic carbocycles. The van der Waals surface area contributed by atoms with E-state index in [0.29, 0.717) is 0 Å². The van der Waals surface area contributed by atoms with Gasteiger partial charge in [0.05, 0.1) is 6.20 Å².